The van der Waals surface area contributed by atoms with Crippen LogP contribution in [0.3, 0.4) is 0 Å². The van der Waals surface area contributed by atoms with Crippen LogP contribution in [0, 0.1) is 6.92 Å². The quantitative estimate of drug-likeness (QED) is 0.612. The number of hydrogen-bond acceptors (Lipinski definition) is 5. The van der Waals surface area contributed by atoms with Crippen LogP contribution >= 0.6 is 11.8 Å². The Morgan fingerprint density at radius 3 is 2.67 bits per heavy atom. The van der Waals surface area contributed by atoms with E-state index < -0.39 is 5.97 Å². The fourth-order valence-electron chi connectivity index (χ4n) is 1.78. The number of aryl methyl sites for hydroxylation is 1. The molecular weight excluding hydrogens is 263 g/mol. The summed E-state index contributed by atoms with van der Waals surface area (Å²) in [6.45, 7) is 4.20. The van der Waals surface area contributed by atoms with Gasteiger partial charge in [0.05, 0.1) is 5.97 Å². The second-order valence-electron chi connectivity index (χ2n) is 3.89. The molecule has 0 radical (unpaired) electrons. The van der Waals surface area contributed by atoms with Crippen molar-refractivity contribution >= 4 is 17.7 Å². The first kappa shape index (κ1) is 15.7. The molecule has 1 aromatic carbocycles. The van der Waals surface area contributed by atoms with Crippen molar-refractivity contribution in [2.45, 2.75) is 19.1 Å². The summed E-state index contributed by atoms with van der Waals surface area (Å²) in [4.78, 5) is 10.4. The first-order chi connectivity index (χ1) is 8.08. The summed E-state index contributed by atoms with van der Waals surface area (Å²) < 4.78 is 10.6. The van der Waals surface area contributed by atoms with Crippen LogP contribution in [-0.2, 0) is 4.79 Å². The molecule has 1 atom stereocenters. The van der Waals surface area contributed by atoms with Crippen LogP contribution in [0.25, 0.3) is 0 Å². The molecule has 0 spiro atoms. The van der Waals surface area contributed by atoms with Crippen molar-refractivity contribution in [2.24, 2.45) is 0 Å². The SMILES string of the molecule is Cc1cc2c(cc1C(C)SCC(=O)[O-])OCO2.[Na+]. The number of aliphatic carboxylic acids is 1. The van der Waals surface area contributed by atoms with E-state index in [1.165, 1.54) is 11.8 Å². The number of rotatable bonds is 4. The molecule has 1 unspecified atom stereocenters. The molecule has 1 heterocycles. The molecule has 2 rings (SSSR count). The smallest absolute Gasteiger partial charge is 0.549 e. The number of carbonyl (C=O) groups is 1. The van der Waals surface area contributed by atoms with E-state index in [2.05, 4.69) is 0 Å². The van der Waals surface area contributed by atoms with Crippen LogP contribution in [0.1, 0.15) is 23.3 Å². The van der Waals surface area contributed by atoms with Gasteiger partial charge in [0.1, 0.15) is 0 Å². The monoisotopic (exact) mass is 276 g/mol. The minimum absolute atomic E-state index is 0. The van der Waals surface area contributed by atoms with E-state index in [4.69, 9.17) is 9.47 Å². The summed E-state index contributed by atoms with van der Waals surface area (Å²) in [5.41, 5.74) is 2.15. The molecule has 0 saturated heterocycles. The zero-order valence-corrected chi connectivity index (χ0v) is 13.5. The molecule has 92 valence electrons. The molecule has 6 heteroatoms. The van der Waals surface area contributed by atoms with Gasteiger partial charge in [0.15, 0.2) is 11.5 Å². The summed E-state index contributed by atoms with van der Waals surface area (Å²) >= 11 is 1.34. The molecule has 1 aliphatic heterocycles. The number of thioether (sulfide) groups is 1. The number of ether oxygens (including phenoxy) is 2. The first-order valence-electron chi connectivity index (χ1n) is 5.29. The number of carboxylic acid groups (broad SMARTS) is 1. The molecule has 0 fully saturated rings. The Kier molecular flexibility index (Phi) is 5.85. The molecule has 4 nitrogen and oxygen atoms in total. The van der Waals surface area contributed by atoms with Crippen molar-refractivity contribution in [3.05, 3.63) is 23.3 Å². The molecule has 0 N–H and O–H groups in total. The van der Waals surface area contributed by atoms with Gasteiger partial charge in [0.25, 0.3) is 0 Å². The van der Waals surface area contributed by atoms with E-state index in [9.17, 15) is 9.90 Å². The van der Waals surface area contributed by atoms with E-state index in [-0.39, 0.29) is 47.4 Å². The van der Waals surface area contributed by atoms with E-state index in [0.717, 1.165) is 22.6 Å². The predicted molar refractivity (Wildman–Crippen MR) is 63.2 cm³/mol. The Labute approximate surface area is 132 Å². The van der Waals surface area contributed by atoms with E-state index >= 15 is 0 Å². The number of carboxylic acids is 1. The van der Waals surface area contributed by atoms with Gasteiger partial charge >= 0.3 is 29.6 Å². The summed E-state index contributed by atoms with van der Waals surface area (Å²) in [7, 11) is 0. The topological polar surface area (TPSA) is 58.6 Å². The van der Waals surface area contributed by atoms with Gasteiger partial charge in [-0.3, -0.25) is 0 Å². The Balaban J connectivity index is 0.00000162. The largest absolute Gasteiger partial charge is 1.00 e. The number of fused-ring (bicyclic) bond motifs is 1. The fraction of sp³-hybridized carbons (Fsp3) is 0.417. The number of hydrogen-bond donors (Lipinski definition) is 0. The van der Waals surface area contributed by atoms with Crippen LogP contribution in [-0.4, -0.2) is 18.5 Å². The third kappa shape index (κ3) is 3.57. The predicted octanol–water partition coefficient (Wildman–Crippen LogP) is -1.73. The van der Waals surface area contributed by atoms with Crippen molar-refractivity contribution in [3.8, 4) is 11.5 Å². The Bertz CT molecular complexity index is 450. The van der Waals surface area contributed by atoms with Gasteiger partial charge in [-0.25, -0.2) is 0 Å². The minimum Gasteiger partial charge on any atom is -0.549 e. The molecule has 18 heavy (non-hydrogen) atoms. The summed E-state index contributed by atoms with van der Waals surface area (Å²) in [6.07, 6.45) is 0. The molecule has 0 aromatic heterocycles. The van der Waals surface area contributed by atoms with Crippen molar-refractivity contribution in [1.82, 2.24) is 0 Å². The second-order valence-corrected chi connectivity index (χ2v) is 5.22. The zero-order valence-electron chi connectivity index (χ0n) is 10.7. The maximum atomic E-state index is 10.4. The third-order valence-electron chi connectivity index (χ3n) is 2.65. The van der Waals surface area contributed by atoms with Crippen molar-refractivity contribution in [1.29, 1.82) is 0 Å². The summed E-state index contributed by atoms with van der Waals surface area (Å²) in [5, 5.41) is 10.5. The average molecular weight is 276 g/mol. The van der Waals surface area contributed by atoms with Gasteiger partial charge in [-0.2, -0.15) is 0 Å². The first-order valence-corrected chi connectivity index (χ1v) is 6.34. The van der Waals surface area contributed by atoms with Crippen LogP contribution in [0.2, 0.25) is 0 Å². The van der Waals surface area contributed by atoms with E-state index in [1.807, 2.05) is 26.0 Å². The number of carbonyl (C=O) groups excluding carboxylic acids is 1. The maximum absolute atomic E-state index is 10.4. The fourth-order valence-corrected chi connectivity index (χ4v) is 2.60. The van der Waals surface area contributed by atoms with Gasteiger partial charge in [0, 0.05) is 11.0 Å². The Hall–Kier alpha value is -0.360. The molecular formula is C12H13NaO4S. The van der Waals surface area contributed by atoms with Gasteiger partial charge in [-0.15, -0.1) is 11.8 Å². The Morgan fingerprint density at radius 1 is 1.44 bits per heavy atom. The standard InChI is InChI=1S/C12H14O4S.Na/c1-7-3-10-11(16-6-15-10)4-9(7)8(2)17-5-12(13)14;/h3-4,8H,5-6H2,1-2H3,(H,13,14);/q;+1/p-1. The zero-order chi connectivity index (χ0) is 12.4. The van der Waals surface area contributed by atoms with Gasteiger partial charge in [0.2, 0.25) is 6.79 Å². The summed E-state index contributed by atoms with van der Waals surface area (Å²) in [6, 6.07) is 3.85. The summed E-state index contributed by atoms with van der Waals surface area (Å²) in [5.74, 6) is 0.435. The molecule has 1 aromatic rings. The molecule has 0 saturated carbocycles. The van der Waals surface area contributed by atoms with Crippen molar-refractivity contribution < 1.29 is 48.9 Å². The van der Waals surface area contributed by atoms with Gasteiger partial charge < -0.3 is 19.4 Å². The minimum atomic E-state index is -1.04. The van der Waals surface area contributed by atoms with Crippen LogP contribution in [0.4, 0.5) is 0 Å². The molecule has 0 amide bonds. The Morgan fingerprint density at radius 2 is 2.06 bits per heavy atom. The molecule has 0 bridgehead atoms. The average Bonchev–Trinajstić information content (AvgIpc) is 2.71. The third-order valence-corrected chi connectivity index (χ3v) is 3.81. The van der Waals surface area contributed by atoms with Crippen LogP contribution in [0.15, 0.2) is 12.1 Å². The second kappa shape index (κ2) is 6.70. The molecule has 1 aliphatic rings. The molecule has 0 aliphatic carbocycles. The van der Waals surface area contributed by atoms with Crippen LogP contribution < -0.4 is 44.1 Å². The normalized spacial score (nSPS) is 13.9. The van der Waals surface area contributed by atoms with E-state index in [0.29, 0.717) is 0 Å². The van der Waals surface area contributed by atoms with Gasteiger partial charge in [-0.05, 0) is 37.1 Å². The van der Waals surface area contributed by atoms with Crippen molar-refractivity contribution in [3.63, 3.8) is 0 Å². The van der Waals surface area contributed by atoms with Crippen molar-refractivity contribution in [2.75, 3.05) is 12.5 Å². The number of benzene rings is 1. The van der Waals surface area contributed by atoms with Gasteiger partial charge in [-0.1, -0.05) is 0 Å². The maximum Gasteiger partial charge on any atom is 1.00 e. The van der Waals surface area contributed by atoms with Crippen LogP contribution in [0.5, 0.6) is 11.5 Å². The van der Waals surface area contributed by atoms with E-state index in [1.54, 1.807) is 0 Å².